The van der Waals surface area contributed by atoms with E-state index in [1.54, 1.807) is 12.3 Å². The third-order valence-electron chi connectivity index (χ3n) is 2.41. The molecule has 0 bridgehead atoms. The standard InChI is InChI=1S/C12H14O2/c1-12(2,3)9-4-5-10-8(11(9)13)6-7-14-10/h4-7,13H,1-3H3. The molecule has 0 aliphatic heterocycles. The highest BCUT2D eigenvalue weighted by molar-refractivity contribution is 5.85. The van der Waals surface area contributed by atoms with Crippen LogP contribution in [-0.4, -0.2) is 5.11 Å². The molecular formula is C12H14O2. The van der Waals surface area contributed by atoms with Crippen molar-refractivity contribution in [2.45, 2.75) is 26.2 Å². The molecule has 0 aliphatic carbocycles. The summed E-state index contributed by atoms with van der Waals surface area (Å²) in [5.74, 6) is 0.337. The molecule has 0 aliphatic rings. The van der Waals surface area contributed by atoms with Crippen molar-refractivity contribution in [2.75, 3.05) is 0 Å². The molecule has 0 saturated carbocycles. The monoisotopic (exact) mass is 190 g/mol. The fourth-order valence-electron chi connectivity index (χ4n) is 1.63. The summed E-state index contributed by atoms with van der Waals surface area (Å²) in [6.45, 7) is 6.23. The highest BCUT2D eigenvalue weighted by Crippen LogP contribution is 2.36. The molecule has 2 aromatic rings. The van der Waals surface area contributed by atoms with Crippen molar-refractivity contribution in [2.24, 2.45) is 0 Å². The molecule has 0 spiro atoms. The highest BCUT2D eigenvalue weighted by atomic mass is 16.3. The Balaban J connectivity index is 2.74. The van der Waals surface area contributed by atoms with Gasteiger partial charge in [0.15, 0.2) is 0 Å². The van der Waals surface area contributed by atoms with E-state index in [2.05, 4.69) is 20.8 Å². The fraction of sp³-hybridized carbons (Fsp3) is 0.333. The van der Waals surface area contributed by atoms with Crippen molar-refractivity contribution >= 4 is 11.0 Å². The van der Waals surface area contributed by atoms with Gasteiger partial charge in [-0.1, -0.05) is 26.8 Å². The Bertz CT molecular complexity index is 461. The van der Waals surface area contributed by atoms with E-state index in [0.717, 1.165) is 16.5 Å². The van der Waals surface area contributed by atoms with Gasteiger partial charge in [-0.3, -0.25) is 0 Å². The summed E-state index contributed by atoms with van der Waals surface area (Å²) in [6, 6.07) is 5.61. The first-order chi connectivity index (χ1) is 6.50. The van der Waals surface area contributed by atoms with Gasteiger partial charge in [0.25, 0.3) is 0 Å². The molecule has 0 atom stereocenters. The molecule has 2 rings (SSSR count). The van der Waals surface area contributed by atoms with Crippen molar-refractivity contribution in [1.82, 2.24) is 0 Å². The number of hydrogen-bond acceptors (Lipinski definition) is 2. The Labute approximate surface area is 83.2 Å². The summed E-state index contributed by atoms with van der Waals surface area (Å²) < 4.78 is 5.21. The van der Waals surface area contributed by atoms with E-state index in [-0.39, 0.29) is 5.41 Å². The number of benzene rings is 1. The predicted molar refractivity (Wildman–Crippen MR) is 56.6 cm³/mol. The zero-order valence-electron chi connectivity index (χ0n) is 8.66. The summed E-state index contributed by atoms with van der Waals surface area (Å²) in [7, 11) is 0. The van der Waals surface area contributed by atoms with Crippen LogP contribution < -0.4 is 0 Å². The van der Waals surface area contributed by atoms with E-state index in [0.29, 0.717) is 5.75 Å². The van der Waals surface area contributed by atoms with Crippen molar-refractivity contribution in [3.05, 3.63) is 30.0 Å². The van der Waals surface area contributed by atoms with E-state index >= 15 is 0 Å². The van der Waals surface area contributed by atoms with Crippen molar-refractivity contribution in [1.29, 1.82) is 0 Å². The van der Waals surface area contributed by atoms with E-state index in [1.807, 2.05) is 12.1 Å². The Kier molecular flexibility index (Phi) is 1.81. The lowest BCUT2D eigenvalue weighted by molar-refractivity contribution is 0.452. The van der Waals surface area contributed by atoms with Gasteiger partial charge in [0.2, 0.25) is 0 Å². The zero-order chi connectivity index (χ0) is 10.3. The maximum Gasteiger partial charge on any atom is 0.137 e. The third-order valence-corrected chi connectivity index (χ3v) is 2.41. The van der Waals surface area contributed by atoms with Gasteiger partial charge in [-0.15, -0.1) is 0 Å². The number of phenolic OH excluding ortho intramolecular Hbond substituents is 1. The van der Waals surface area contributed by atoms with Crippen LogP contribution in [0.15, 0.2) is 28.9 Å². The zero-order valence-corrected chi connectivity index (χ0v) is 8.66. The van der Waals surface area contributed by atoms with Crippen LogP contribution in [0.3, 0.4) is 0 Å². The lowest BCUT2D eigenvalue weighted by Gasteiger charge is -2.20. The second-order valence-corrected chi connectivity index (χ2v) is 4.54. The number of hydrogen-bond donors (Lipinski definition) is 1. The SMILES string of the molecule is CC(C)(C)c1ccc2occc2c1O. The van der Waals surface area contributed by atoms with Crippen LogP contribution in [0.25, 0.3) is 11.0 Å². The first kappa shape index (κ1) is 9.13. The molecule has 2 nitrogen and oxygen atoms in total. The fourth-order valence-corrected chi connectivity index (χ4v) is 1.63. The van der Waals surface area contributed by atoms with Crippen LogP contribution in [0.1, 0.15) is 26.3 Å². The molecular weight excluding hydrogens is 176 g/mol. The third kappa shape index (κ3) is 1.27. The van der Waals surface area contributed by atoms with Crippen LogP contribution in [0, 0.1) is 0 Å². The first-order valence-corrected chi connectivity index (χ1v) is 4.70. The summed E-state index contributed by atoms with van der Waals surface area (Å²) in [5, 5.41) is 10.8. The number of aromatic hydroxyl groups is 1. The Morgan fingerprint density at radius 1 is 1.14 bits per heavy atom. The molecule has 2 heteroatoms. The van der Waals surface area contributed by atoms with Crippen molar-refractivity contribution in [3.63, 3.8) is 0 Å². The number of fused-ring (bicyclic) bond motifs is 1. The van der Waals surface area contributed by atoms with Gasteiger partial charge in [0.05, 0.1) is 11.6 Å². The molecule has 0 amide bonds. The normalized spacial score (nSPS) is 12.2. The van der Waals surface area contributed by atoms with E-state index in [1.165, 1.54) is 0 Å². The van der Waals surface area contributed by atoms with Crippen LogP contribution in [0.2, 0.25) is 0 Å². The lowest BCUT2D eigenvalue weighted by Crippen LogP contribution is -2.10. The first-order valence-electron chi connectivity index (χ1n) is 4.70. The minimum atomic E-state index is -0.0461. The molecule has 1 N–H and O–H groups in total. The number of phenols is 1. The summed E-state index contributed by atoms with van der Waals surface area (Å²) >= 11 is 0. The van der Waals surface area contributed by atoms with Gasteiger partial charge in [-0.2, -0.15) is 0 Å². The molecule has 0 unspecified atom stereocenters. The maximum absolute atomic E-state index is 10.0. The van der Waals surface area contributed by atoms with Crippen molar-refractivity contribution in [3.8, 4) is 5.75 Å². The Hall–Kier alpha value is -1.44. The predicted octanol–water partition coefficient (Wildman–Crippen LogP) is 3.44. The molecule has 0 saturated heterocycles. The van der Waals surface area contributed by atoms with Crippen LogP contribution in [0.4, 0.5) is 0 Å². The molecule has 0 radical (unpaired) electrons. The molecule has 1 aromatic heterocycles. The minimum Gasteiger partial charge on any atom is -0.507 e. The van der Waals surface area contributed by atoms with Gasteiger partial charge in [0.1, 0.15) is 11.3 Å². The second kappa shape index (κ2) is 2.77. The topological polar surface area (TPSA) is 33.4 Å². The Morgan fingerprint density at radius 2 is 1.86 bits per heavy atom. The average Bonchev–Trinajstić information content (AvgIpc) is 2.50. The smallest absolute Gasteiger partial charge is 0.137 e. The number of rotatable bonds is 0. The second-order valence-electron chi connectivity index (χ2n) is 4.54. The van der Waals surface area contributed by atoms with Gasteiger partial charge in [-0.05, 0) is 17.5 Å². The summed E-state index contributed by atoms with van der Waals surface area (Å²) in [6.07, 6.45) is 1.59. The van der Waals surface area contributed by atoms with Gasteiger partial charge >= 0.3 is 0 Å². The van der Waals surface area contributed by atoms with Crippen molar-refractivity contribution < 1.29 is 9.52 Å². The van der Waals surface area contributed by atoms with Crippen LogP contribution in [-0.2, 0) is 5.41 Å². The van der Waals surface area contributed by atoms with E-state index in [4.69, 9.17) is 4.42 Å². The lowest BCUT2D eigenvalue weighted by atomic mass is 9.86. The maximum atomic E-state index is 10.0. The van der Waals surface area contributed by atoms with Gasteiger partial charge in [-0.25, -0.2) is 0 Å². The molecule has 14 heavy (non-hydrogen) atoms. The highest BCUT2D eigenvalue weighted by Gasteiger charge is 2.19. The summed E-state index contributed by atoms with van der Waals surface area (Å²) in [4.78, 5) is 0. The quantitative estimate of drug-likeness (QED) is 0.690. The van der Waals surface area contributed by atoms with E-state index < -0.39 is 0 Å². The van der Waals surface area contributed by atoms with Gasteiger partial charge in [0, 0.05) is 5.56 Å². The largest absolute Gasteiger partial charge is 0.507 e. The Morgan fingerprint density at radius 3 is 2.50 bits per heavy atom. The minimum absolute atomic E-state index is 0.0461. The van der Waals surface area contributed by atoms with Crippen LogP contribution >= 0.6 is 0 Å². The molecule has 1 heterocycles. The average molecular weight is 190 g/mol. The van der Waals surface area contributed by atoms with Crippen LogP contribution in [0.5, 0.6) is 5.75 Å². The molecule has 1 aromatic carbocycles. The molecule has 74 valence electrons. The van der Waals surface area contributed by atoms with E-state index in [9.17, 15) is 5.11 Å². The number of furan rings is 1. The van der Waals surface area contributed by atoms with Gasteiger partial charge < -0.3 is 9.52 Å². The molecule has 0 fully saturated rings. The summed E-state index contributed by atoms with van der Waals surface area (Å²) in [5.41, 5.74) is 1.64.